The summed E-state index contributed by atoms with van der Waals surface area (Å²) in [6, 6.07) is 4.25. The van der Waals surface area contributed by atoms with Gasteiger partial charge in [-0.25, -0.2) is 4.98 Å². The van der Waals surface area contributed by atoms with Gasteiger partial charge < -0.3 is 0 Å². The van der Waals surface area contributed by atoms with Crippen molar-refractivity contribution in [2.24, 2.45) is 0 Å². The quantitative estimate of drug-likeness (QED) is 0.683. The number of anilines is 1. The number of carbonyl (C=O) groups excluding carboxylic acids is 1. The van der Waals surface area contributed by atoms with Gasteiger partial charge in [0.2, 0.25) is 5.13 Å². The molecular weight excluding hydrogens is 336 g/mol. The van der Waals surface area contributed by atoms with Crippen LogP contribution in [0.1, 0.15) is 16.2 Å². The summed E-state index contributed by atoms with van der Waals surface area (Å²) in [5.74, 6) is 0.0742. The third kappa shape index (κ3) is 2.93. The van der Waals surface area contributed by atoms with Crippen molar-refractivity contribution in [1.29, 1.82) is 0 Å². The Labute approximate surface area is 120 Å². The van der Waals surface area contributed by atoms with E-state index in [1.807, 2.05) is 0 Å². The summed E-state index contributed by atoms with van der Waals surface area (Å²) in [7, 11) is 0. The van der Waals surface area contributed by atoms with E-state index >= 15 is 0 Å². The van der Waals surface area contributed by atoms with Gasteiger partial charge in [0.05, 0.1) is 10.5 Å². The molecule has 0 aliphatic carbocycles. The number of nitrogens with one attached hydrogen (secondary N) is 1. The van der Waals surface area contributed by atoms with Crippen molar-refractivity contribution in [2.75, 3.05) is 5.32 Å². The Balaban J connectivity index is 2.29. The maximum absolute atomic E-state index is 12.0. The molecule has 19 heavy (non-hydrogen) atoms. The number of hydrogen-bond donors (Lipinski definition) is 1. The summed E-state index contributed by atoms with van der Waals surface area (Å²) in [4.78, 5) is 26.2. The molecule has 9 heteroatoms. The minimum absolute atomic E-state index is 0.138. The summed E-state index contributed by atoms with van der Waals surface area (Å²) in [6.45, 7) is 1.70. The third-order valence-corrected chi connectivity index (χ3v) is 3.72. The lowest BCUT2D eigenvalue weighted by atomic mass is 10.2. The Hall–Kier alpha value is -1.87. The number of rotatable bonds is 3. The molecule has 0 saturated carbocycles. The van der Waals surface area contributed by atoms with Crippen molar-refractivity contribution >= 4 is 44.2 Å². The van der Waals surface area contributed by atoms with E-state index in [-0.39, 0.29) is 15.7 Å². The molecule has 0 radical (unpaired) electrons. The van der Waals surface area contributed by atoms with Crippen molar-refractivity contribution in [3.8, 4) is 0 Å². The molecule has 0 atom stereocenters. The van der Waals surface area contributed by atoms with Gasteiger partial charge in [0.1, 0.15) is 10.3 Å². The Morgan fingerprint density at radius 3 is 2.84 bits per heavy atom. The minimum atomic E-state index is -0.560. The number of nitro groups is 1. The van der Waals surface area contributed by atoms with Crippen LogP contribution in [0.25, 0.3) is 0 Å². The average molecular weight is 343 g/mol. The zero-order valence-electron chi connectivity index (χ0n) is 9.58. The molecule has 0 unspecified atom stereocenters. The van der Waals surface area contributed by atoms with E-state index in [0.717, 1.165) is 11.5 Å². The van der Waals surface area contributed by atoms with Crippen LogP contribution in [-0.2, 0) is 0 Å². The van der Waals surface area contributed by atoms with E-state index < -0.39 is 10.8 Å². The first-order chi connectivity index (χ1) is 8.99. The average Bonchev–Trinajstić information content (AvgIpc) is 2.74. The van der Waals surface area contributed by atoms with Gasteiger partial charge in [-0.15, -0.1) is 0 Å². The lowest BCUT2D eigenvalue weighted by Crippen LogP contribution is -2.13. The van der Waals surface area contributed by atoms with Gasteiger partial charge in [-0.05, 0) is 28.9 Å². The highest BCUT2D eigenvalue weighted by Gasteiger charge is 2.20. The fourth-order valence-electron chi connectivity index (χ4n) is 1.35. The fourth-order valence-corrected chi connectivity index (χ4v) is 2.51. The van der Waals surface area contributed by atoms with Crippen LogP contribution >= 0.6 is 27.5 Å². The Kier molecular flexibility index (Phi) is 3.86. The van der Waals surface area contributed by atoms with E-state index in [4.69, 9.17) is 0 Å². The number of aromatic nitrogens is 2. The number of halogens is 1. The van der Waals surface area contributed by atoms with Crippen LogP contribution in [-0.4, -0.2) is 20.2 Å². The molecule has 1 heterocycles. The second-order valence-electron chi connectivity index (χ2n) is 3.50. The Bertz CT molecular complexity index is 658. The highest BCUT2D eigenvalue weighted by atomic mass is 79.9. The van der Waals surface area contributed by atoms with Gasteiger partial charge in [0.25, 0.3) is 11.6 Å². The van der Waals surface area contributed by atoms with Crippen LogP contribution in [0.2, 0.25) is 0 Å². The van der Waals surface area contributed by atoms with Crippen LogP contribution < -0.4 is 5.32 Å². The topological polar surface area (TPSA) is 98.0 Å². The normalized spacial score (nSPS) is 10.2. The van der Waals surface area contributed by atoms with Gasteiger partial charge in [0, 0.05) is 17.6 Å². The summed E-state index contributed by atoms with van der Waals surface area (Å²) in [6.07, 6.45) is 0. The van der Waals surface area contributed by atoms with Gasteiger partial charge in [0.15, 0.2) is 0 Å². The minimum Gasteiger partial charge on any atom is -0.297 e. The van der Waals surface area contributed by atoms with E-state index in [0.29, 0.717) is 11.0 Å². The summed E-state index contributed by atoms with van der Waals surface area (Å²) in [5, 5.41) is 13.7. The van der Waals surface area contributed by atoms with Crippen molar-refractivity contribution in [1.82, 2.24) is 9.36 Å². The summed E-state index contributed by atoms with van der Waals surface area (Å²) >= 11 is 4.11. The maximum Gasteiger partial charge on any atom is 0.284 e. The SMILES string of the molecule is Cc1nsc(NC(=O)c2cccc([N+](=O)[O-])c2Br)n1. The largest absolute Gasteiger partial charge is 0.297 e. The second kappa shape index (κ2) is 5.41. The molecule has 1 amide bonds. The lowest BCUT2D eigenvalue weighted by molar-refractivity contribution is -0.385. The first kappa shape index (κ1) is 13.6. The molecule has 0 aliphatic rings. The molecule has 0 aliphatic heterocycles. The molecule has 7 nitrogen and oxygen atoms in total. The number of nitrogens with zero attached hydrogens (tertiary/aromatic N) is 3. The number of benzene rings is 1. The maximum atomic E-state index is 12.0. The summed E-state index contributed by atoms with van der Waals surface area (Å²) in [5.41, 5.74) is 0.00291. The summed E-state index contributed by atoms with van der Waals surface area (Å²) < 4.78 is 4.07. The number of nitro benzene ring substituents is 1. The molecule has 0 spiro atoms. The Morgan fingerprint density at radius 1 is 1.53 bits per heavy atom. The number of hydrogen-bond acceptors (Lipinski definition) is 6. The van der Waals surface area contributed by atoms with Gasteiger partial charge in [-0.1, -0.05) is 6.07 Å². The van der Waals surface area contributed by atoms with Crippen molar-refractivity contribution < 1.29 is 9.72 Å². The van der Waals surface area contributed by atoms with E-state index in [1.54, 1.807) is 6.92 Å². The van der Waals surface area contributed by atoms with Crippen LogP contribution in [0.3, 0.4) is 0 Å². The monoisotopic (exact) mass is 342 g/mol. The van der Waals surface area contributed by atoms with Crippen molar-refractivity contribution in [2.45, 2.75) is 6.92 Å². The molecule has 1 aromatic carbocycles. The molecule has 0 saturated heterocycles. The molecule has 1 N–H and O–H groups in total. The second-order valence-corrected chi connectivity index (χ2v) is 5.04. The number of aryl methyl sites for hydroxylation is 1. The standard InChI is InChI=1S/C10H7BrN4O3S/c1-5-12-10(19-14-5)13-9(16)6-3-2-4-7(8(6)11)15(17)18/h2-4H,1H3,(H,12,13,14,16). The predicted molar refractivity (Wildman–Crippen MR) is 73.4 cm³/mol. The smallest absolute Gasteiger partial charge is 0.284 e. The van der Waals surface area contributed by atoms with Crippen LogP contribution in [0.4, 0.5) is 10.8 Å². The van der Waals surface area contributed by atoms with E-state index in [1.165, 1.54) is 18.2 Å². The first-order valence-electron chi connectivity index (χ1n) is 5.03. The molecule has 0 fully saturated rings. The molecule has 0 bridgehead atoms. The molecular formula is C10H7BrN4O3S. The molecule has 2 aromatic rings. The highest BCUT2D eigenvalue weighted by Crippen LogP contribution is 2.28. The highest BCUT2D eigenvalue weighted by molar-refractivity contribution is 9.10. The van der Waals surface area contributed by atoms with Gasteiger partial charge >= 0.3 is 0 Å². The van der Waals surface area contributed by atoms with Crippen LogP contribution in [0.15, 0.2) is 22.7 Å². The Morgan fingerprint density at radius 2 is 2.26 bits per heavy atom. The lowest BCUT2D eigenvalue weighted by Gasteiger charge is -2.04. The first-order valence-corrected chi connectivity index (χ1v) is 6.60. The predicted octanol–water partition coefficient (Wildman–Crippen LogP) is 2.77. The zero-order chi connectivity index (χ0) is 14.0. The number of amides is 1. The third-order valence-electron chi connectivity index (χ3n) is 2.17. The van der Waals surface area contributed by atoms with Crippen molar-refractivity contribution in [3.05, 3.63) is 44.2 Å². The number of carbonyl (C=O) groups is 1. The van der Waals surface area contributed by atoms with Crippen molar-refractivity contribution in [3.63, 3.8) is 0 Å². The van der Waals surface area contributed by atoms with Gasteiger partial charge in [-0.3, -0.25) is 20.2 Å². The van der Waals surface area contributed by atoms with E-state index in [2.05, 4.69) is 30.6 Å². The van der Waals surface area contributed by atoms with Crippen LogP contribution in [0.5, 0.6) is 0 Å². The zero-order valence-corrected chi connectivity index (χ0v) is 12.0. The molecule has 2 rings (SSSR count). The fraction of sp³-hybridized carbons (Fsp3) is 0.100. The van der Waals surface area contributed by atoms with Gasteiger partial charge in [-0.2, -0.15) is 4.37 Å². The molecule has 98 valence electrons. The van der Waals surface area contributed by atoms with Crippen LogP contribution in [0, 0.1) is 17.0 Å². The molecule has 1 aromatic heterocycles. The van der Waals surface area contributed by atoms with E-state index in [9.17, 15) is 14.9 Å².